The number of nitro groups is 1. The molecule has 1 amide bonds. The molecule has 3 aromatic rings. The van der Waals surface area contributed by atoms with Gasteiger partial charge in [0, 0.05) is 37.8 Å². The maximum atomic E-state index is 13.1. The van der Waals surface area contributed by atoms with Gasteiger partial charge in [0.2, 0.25) is 0 Å². The monoisotopic (exact) mass is 381 g/mol. The second-order valence-corrected chi connectivity index (χ2v) is 6.41. The third-order valence-corrected chi connectivity index (χ3v) is 4.78. The van der Waals surface area contributed by atoms with E-state index in [2.05, 4.69) is 9.97 Å². The molecule has 28 heavy (non-hydrogen) atoms. The Labute approximate surface area is 159 Å². The molecule has 0 radical (unpaired) electrons. The summed E-state index contributed by atoms with van der Waals surface area (Å²) < 4.78 is 13.1. The van der Waals surface area contributed by atoms with Crippen molar-refractivity contribution >= 4 is 28.3 Å². The molecule has 9 heteroatoms. The number of rotatable bonds is 3. The maximum absolute atomic E-state index is 13.1. The van der Waals surface area contributed by atoms with Gasteiger partial charge in [0.15, 0.2) is 0 Å². The van der Waals surface area contributed by atoms with Crippen molar-refractivity contribution in [2.24, 2.45) is 0 Å². The Morgan fingerprint density at radius 2 is 1.75 bits per heavy atom. The van der Waals surface area contributed by atoms with E-state index in [0.717, 1.165) is 0 Å². The number of hydrogen-bond donors (Lipinski definition) is 0. The SMILES string of the molecule is O=C(c1ccc(F)cc1)N1CCN(c2ncnc3cccc([N+](=O)[O-])c23)CC1. The van der Waals surface area contributed by atoms with Crippen molar-refractivity contribution in [3.05, 3.63) is 70.3 Å². The van der Waals surface area contributed by atoms with Crippen LogP contribution in [0.3, 0.4) is 0 Å². The summed E-state index contributed by atoms with van der Waals surface area (Å²) in [6.07, 6.45) is 1.39. The lowest BCUT2D eigenvalue weighted by Crippen LogP contribution is -2.49. The minimum absolute atomic E-state index is 0.0436. The first-order valence-electron chi connectivity index (χ1n) is 8.72. The molecule has 2 heterocycles. The van der Waals surface area contributed by atoms with E-state index in [9.17, 15) is 19.3 Å². The number of halogens is 1. The lowest BCUT2D eigenvalue weighted by molar-refractivity contribution is -0.383. The number of carbonyl (C=O) groups excluding carboxylic acids is 1. The van der Waals surface area contributed by atoms with E-state index in [-0.39, 0.29) is 11.6 Å². The number of nitrogens with zero attached hydrogens (tertiary/aromatic N) is 5. The zero-order chi connectivity index (χ0) is 19.7. The van der Waals surface area contributed by atoms with Crippen LogP contribution in [0.5, 0.6) is 0 Å². The zero-order valence-electron chi connectivity index (χ0n) is 14.8. The number of nitro benzene ring substituents is 1. The fraction of sp³-hybridized carbons (Fsp3) is 0.211. The van der Waals surface area contributed by atoms with Gasteiger partial charge in [0.25, 0.3) is 11.6 Å². The summed E-state index contributed by atoms with van der Waals surface area (Å²) in [4.78, 5) is 35.6. The van der Waals surface area contributed by atoms with Gasteiger partial charge in [-0.3, -0.25) is 14.9 Å². The van der Waals surface area contributed by atoms with E-state index in [0.29, 0.717) is 48.5 Å². The van der Waals surface area contributed by atoms with E-state index >= 15 is 0 Å². The highest BCUT2D eigenvalue weighted by Gasteiger charge is 2.26. The minimum atomic E-state index is -0.441. The summed E-state index contributed by atoms with van der Waals surface area (Å²) in [5.74, 6) is -0.0667. The summed E-state index contributed by atoms with van der Waals surface area (Å²) >= 11 is 0. The molecule has 1 aliphatic rings. The van der Waals surface area contributed by atoms with Gasteiger partial charge in [-0.1, -0.05) is 6.07 Å². The van der Waals surface area contributed by atoms with Crippen LogP contribution in [0, 0.1) is 15.9 Å². The number of piperazine rings is 1. The van der Waals surface area contributed by atoms with Crippen LogP contribution in [0.15, 0.2) is 48.8 Å². The Kier molecular flexibility index (Phi) is 4.56. The highest BCUT2D eigenvalue weighted by Crippen LogP contribution is 2.32. The lowest BCUT2D eigenvalue weighted by atomic mass is 10.1. The van der Waals surface area contributed by atoms with Crippen molar-refractivity contribution in [1.82, 2.24) is 14.9 Å². The van der Waals surface area contributed by atoms with Crippen molar-refractivity contribution in [3.63, 3.8) is 0 Å². The lowest BCUT2D eigenvalue weighted by Gasteiger charge is -2.35. The quantitative estimate of drug-likeness (QED) is 0.512. The second kappa shape index (κ2) is 7.18. The van der Waals surface area contributed by atoms with Crippen molar-refractivity contribution in [2.75, 3.05) is 31.1 Å². The molecule has 8 nitrogen and oxygen atoms in total. The third-order valence-electron chi connectivity index (χ3n) is 4.78. The highest BCUT2D eigenvalue weighted by molar-refractivity contribution is 5.97. The molecule has 0 bridgehead atoms. The van der Waals surface area contributed by atoms with Gasteiger partial charge in [0.05, 0.1) is 10.4 Å². The summed E-state index contributed by atoms with van der Waals surface area (Å²) in [7, 11) is 0. The average molecular weight is 381 g/mol. The molecule has 1 saturated heterocycles. The number of non-ortho nitro benzene ring substituents is 1. The average Bonchev–Trinajstić information content (AvgIpc) is 2.73. The van der Waals surface area contributed by atoms with Crippen molar-refractivity contribution in [1.29, 1.82) is 0 Å². The van der Waals surface area contributed by atoms with Crippen LogP contribution in [0.1, 0.15) is 10.4 Å². The van der Waals surface area contributed by atoms with Gasteiger partial charge in [0.1, 0.15) is 23.3 Å². The molecule has 0 atom stereocenters. The van der Waals surface area contributed by atoms with Gasteiger partial charge in [-0.15, -0.1) is 0 Å². The molecule has 1 fully saturated rings. The standard InChI is InChI=1S/C19H16FN5O3/c20-14-6-4-13(5-7-14)19(26)24-10-8-23(9-11-24)18-17-15(21-12-22-18)2-1-3-16(17)25(27)28/h1-7,12H,8-11H2. The molecule has 1 aliphatic heterocycles. The fourth-order valence-electron chi connectivity index (χ4n) is 3.36. The molecule has 0 N–H and O–H groups in total. The largest absolute Gasteiger partial charge is 0.352 e. The summed E-state index contributed by atoms with van der Waals surface area (Å²) in [5.41, 5.74) is 0.889. The van der Waals surface area contributed by atoms with Crippen LogP contribution in [0.25, 0.3) is 10.9 Å². The van der Waals surface area contributed by atoms with Gasteiger partial charge in [-0.2, -0.15) is 0 Å². The fourth-order valence-corrected chi connectivity index (χ4v) is 3.36. The molecule has 0 spiro atoms. The first-order valence-corrected chi connectivity index (χ1v) is 8.72. The second-order valence-electron chi connectivity index (χ2n) is 6.41. The van der Waals surface area contributed by atoms with E-state index in [4.69, 9.17) is 0 Å². The summed E-state index contributed by atoms with van der Waals surface area (Å²) in [5, 5.41) is 11.8. The highest BCUT2D eigenvalue weighted by atomic mass is 19.1. The van der Waals surface area contributed by atoms with Gasteiger partial charge >= 0.3 is 0 Å². The van der Waals surface area contributed by atoms with Gasteiger partial charge < -0.3 is 9.80 Å². The number of carbonyl (C=O) groups is 1. The van der Waals surface area contributed by atoms with E-state index < -0.39 is 10.7 Å². The van der Waals surface area contributed by atoms with Crippen molar-refractivity contribution in [2.45, 2.75) is 0 Å². The first-order chi connectivity index (χ1) is 13.5. The number of anilines is 1. The molecule has 0 unspecified atom stereocenters. The molecule has 4 rings (SSSR count). The molecule has 0 aliphatic carbocycles. The normalized spacial score (nSPS) is 14.3. The molecular weight excluding hydrogens is 365 g/mol. The number of benzene rings is 2. The zero-order valence-corrected chi connectivity index (χ0v) is 14.8. The summed E-state index contributed by atoms with van der Waals surface area (Å²) in [6.45, 7) is 1.82. The Morgan fingerprint density at radius 3 is 2.43 bits per heavy atom. The van der Waals surface area contributed by atoms with Crippen molar-refractivity contribution < 1.29 is 14.1 Å². The van der Waals surface area contributed by atoms with Crippen LogP contribution in [-0.4, -0.2) is 51.9 Å². The maximum Gasteiger partial charge on any atom is 0.282 e. The molecule has 2 aromatic carbocycles. The molecule has 1 aromatic heterocycles. The van der Waals surface area contributed by atoms with E-state index in [1.54, 1.807) is 17.0 Å². The number of amides is 1. The topological polar surface area (TPSA) is 92.5 Å². The molecule has 0 saturated carbocycles. The summed E-state index contributed by atoms with van der Waals surface area (Å²) in [6, 6.07) is 10.2. The number of hydrogen-bond acceptors (Lipinski definition) is 6. The van der Waals surface area contributed by atoms with Gasteiger partial charge in [-0.05, 0) is 30.3 Å². The first kappa shape index (κ1) is 17.8. The predicted octanol–water partition coefficient (Wildman–Crippen LogP) is 2.64. The van der Waals surface area contributed by atoms with Crippen LogP contribution in [0.4, 0.5) is 15.9 Å². The van der Waals surface area contributed by atoms with E-state index in [1.807, 2.05) is 4.90 Å². The van der Waals surface area contributed by atoms with Crippen LogP contribution < -0.4 is 4.90 Å². The van der Waals surface area contributed by atoms with E-state index in [1.165, 1.54) is 36.7 Å². The Bertz CT molecular complexity index is 1040. The Hall–Kier alpha value is -3.62. The molecule has 142 valence electrons. The number of aromatic nitrogens is 2. The van der Waals surface area contributed by atoms with Crippen molar-refractivity contribution in [3.8, 4) is 0 Å². The van der Waals surface area contributed by atoms with Crippen LogP contribution in [-0.2, 0) is 0 Å². The van der Waals surface area contributed by atoms with Crippen LogP contribution >= 0.6 is 0 Å². The smallest absolute Gasteiger partial charge is 0.282 e. The Morgan fingerprint density at radius 1 is 1.04 bits per heavy atom. The number of fused-ring (bicyclic) bond motifs is 1. The van der Waals surface area contributed by atoms with Crippen LogP contribution in [0.2, 0.25) is 0 Å². The third kappa shape index (κ3) is 3.22. The predicted molar refractivity (Wildman–Crippen MR) is 101 cm³/mol. The Balaban J connectivity index is 1.57. The minimum Gasteiger partial charge on any atom is -0.352 e. The molecular formula is C19H16FN5O3. The van der Waals surface area contributed by atoms with Gasteiger partial charge in [-0.25, -0.2) is 14.4 Å².